The van der Waals surface area contributed by atoms with Gasteiger partial charge in [0, 0.05) is 39.5 Å². The number of aromatic nitrogens is 2. The Hall–Kier alpha value is -6.49. The number of para-hydroxylation sites is 2. The number of hydrogen-bond donors (Lipinski definition) is 2. The van der Waals surface area contributed by atoms with E-state index in [4.69, 9.17) is 0 Å². The highest BCUT2D eigenvalue weighted by Crippen LogP contribution is 2.38. The number of fused-ring (bicyclic) bond motifs is 5. The van der Waals surface area contributed by atoms with Crippen LogP contribution in [0.3, 0.4) is 0 Å². The van der Waals surface area contributed by atoms with E-state index in [9.17, 15) is 0 Å². The molecule has 0 aliphatic carbocycles. The third-order valence-corrected chi connectivity index (χ3v) is 10.3. The Morgan fingerprint density at radius 3 is 1.71 bits per heavy atom. The molecule has 1 aliphatic heterocycles. The number of hydrogen-bond acceptors (Lipinski definition) is 3. The van der Waals surface area contributed by atoms with E-state index < -0.39 is 0 Å². The fourth-order valence-corrected chi connectivity index (χ4v) is 7.91. The molecule has 51 heavy (non-hydrogen) atoms. The number of benzene rings is 7. The predicted octanol–water partition coefficient (Wildman–Crippen LogP) is 11.1. The third kappa shape index (κ3) is 5.08. The molecule has 4 nitrogen and oxygen atoms in total. The summed E-state index contributed by atoms with van der Waals surface area (Å²) in [7, 11) is 0. The van der Waals surface area contributed by atoms with Gasteiger partial charge in [-0.05, 0) is 81.2 Å². The van der Waals surface area contributed by atoms with Crippen molar-refractivity contribution in [1.29, 1.82) is 0 Å². The minimum absolute atomic E-state index is 0.0355. The molecule has 0 fully saturated rings. The Balaban J connectivity index is 1.09. The highest BCUT2D eigenvalue weighted by Gasteiger charge is 2.27. The molecule has 0 spiro atoms. The van der Waals surface area contributed by atoms with E-state index >= 15 is 0 Å². The van der Waals surface area contributed by atoms with Crippen LogP contribution in [0.25, 0.3) is 66.0 Å². The molecule has 2 N–H and O–H groups in total. The van der Waals surface area contributed by atoms with Crippen molar-refractivity contribution in [3.8, 4) is 16.9 Å². The Morgan fingerprint density at radius 1 is 0.510 bits per heavy atom. The molecule has 9 aromatic rings. The van der Waals surface area contributed by atoms with E-state index in [2.05, 4.69) is 184 Å². The van der Waals surface area contributed by atoms with Gasteiger partial charge in [-0.25, -0.2) is 0 Å². The second kappa shape index (κ2) is 12.1. The molecule has 0 saturated heterocycles. The van der Waals surface area contributed by atoms with Crippen LogP contribution in [0.1, 0.15) is 28.9 Å². The lowest BCUT2D eigenvalue weighted by atomic mass is 9.92. The molecule has 2 unspecified atom stereocenters. The average molecular weight is 655 g/mol. The molecule has 10 rings (SSSR count). The Bertz CT molecular complexity index is 2640. The fourth-order valence-electron chi connectivity index (χ4n) is 7.91. The van der Waals surface area contributed by atoms with E-state index in [-0.39, 0.29) is 12.2 Å². The third-order valence-electron chi connectivity index (χ3n) is 10.3. The first-order valence-electron chi connectivity index (χ1n) is 17.5. The molecule has 2 atom stereocenters. The zero-order valence-electron chi connectivity index (χ0n) is 27.9. The molecule has 0 bridgehead atoms. The van der Waals surface area contributed by atoms with Gasteiger partial charge in [0.15, 0.2) is 0 Å². The maximum absolute atomic E-state index is 4.57. The molecule has 242 valence electrons. The highest BCUT2D eigenvalue weighted by atomic mass is 15.2. The van der Waals surface area contributed by atoms with Crippen LogP contribution in [-0.4, -0.2) is 9.55 Å². The molecule has 0 amide bonds. The van der Waals surface area contributed by atoms with Crippen LogP contribution in [0.5, 0.6) is 0 Å². The molecule has 0 radical (unpaired) electrons. The summed E-state index contributed by atoms with van der Waals surface area (Å²) >= 11 is 0. The first kappa shape index (κ1) is 29.4. The van der Waals surface area contributed by atoms with Gasteiger partial charge < -0.3 is 9.88 Å². The minimum Gasteiger partial charge on any atom is -0.366 e. The predicted molar refractivity (Wildman–Crippen MR) is 212 cm³/mol. The van der Waals surface area contributed by atoms with Crippen LogP contribution >= 0.6 is 0 Å². The van der Waals surface area contributed by atoms with E-state index in [1.165, 1.54) is 54.5 Å². The average Bonchev–Trinajstić information content (AvgIpc) is 3.54. The summed E-state index contributed by atoms with van der Waals surface area (Å²) in [6.07, 6.45) is 4.03. The normalized spacial score (nSPS) is 16.0. The molecule has 4 heteroatoms. The van der Waals surface area contributed by atoms with Crippen LogP contribution < -0.4 is 10.6 Å². The van der Waals surface area contributed by atoms with Gasteiger partial charge >= 0.3 is 0 Å². The van der Waals surface area contributed by atoms with Crippen molar-refractivity contribution < 1.29 is 0 Å². The lowest BCUT2D eigenvalue weighted by Crippen LogP contribution is -2.39. The van der Waals surface area contributed by atoms with Crippen molar-refractivity contribution in [2.24, 2.45) is 0 Å². The summed E-state index contributed by atoms with van der Waals surface area (Å²) in [5.41, 5.74) is 10.3. The lowest BCUT2D eigenvalue weighted by molar-refractivity contribution is 0.447. The summed E-state index contributed by atoms with van der Waals surface area (Å²) in [6.45, 7) is 0. The van der Waals surface area contributed by atoms with Crippen molar-refractivity contribution in [3.63, 3.8) is 0 Å². The van der Waals surface area contributed by atoms with Gasteiger partial charge in [0.05, 0.1) is 22.8 Å². The summed E-state index contributed by atoms with van der Waals surface area (Å²) in [6, 6.07) is 60.9. The Morgan fingerprint density at radius 2 is 1.08 bits per heavy atom. The number of rotatable bonds is 5. The summed E-state index contributed by atoms with van der Waals surface area (Å²) in [5.74, 6) is 0. The van der Waals surface area contributed by atoms with Crippen LogP contribution in [0.15, 0.2) is 182 Å². The van der Waals surface area contributed by atoms with Crippen LogP contribution in [-0.2, 0) is 0 Å². The first-order valence-corrected chi connectivity index (χ1v) is 17.5. The van der Waals surface area contributed by atoms with E-state index in [1.807, 2.05) is 18.3 Å². The van der Waals surface area contributed by atoms with Gasteiger partial charge in [0.2, 0.25) is 0 Å². The Labute approximate surface area is 296 Å². The molecular weight excluding hydrogens is 621 g/mol. The zero-order chi connectivity index (χ0) is 33.7. The highest BCUT2D eigenvalue weighted by molar-refractivity contribution is 6.09. The van der Waals surface area contributed by atoms with Crippen molar-refractivity contribution in [3.05, 3.63) is 199 Å². The van der Waals surface area contributed by atoms with Gasteiger partial charge in [-0.3, -0.25) is 10.3 Å². The minimum atomic E-state index is -0.140. The number of nitrogens with zero attached hydrogens (tertiary/aromatic N) is 2. The van der Waals surface area contributed by atoms with Crippen molar-refractivity contribution in [1.82, 2.24) is 20.2 Å². The van der Waals surface area contributed by atoms with Gasteiger partial charge in [-0.15, -0.1) is 0 Å². The Kier molecular flexibility index (Phi) is 7.00. The summed E-state index contributed by atoms with van der Waals surface area (Å²) in [5, 5.41) is 15.4. The summed E-state index contributed by atoms with van der Waals surface area (Å²) in [4.78, 5) is 4.57. The SMILES string of the molecule is C1=C(c2ccc(-c3ccccn3)cc2)NC(c2c3ccccc3cc3ccccc23)NC1c1ccc(-n2c3ccccc3c3ccccc32)cc1. The van der Waals surface area contributed by atoms with E-state index in [0.717, 1.165) is 28.2 Å². The monoisotopic (exact) mass is 654 g/mol. The first-order chi connectivity index (χ1) is 25.3. The van der Waals surface area contributed by atoms with Crippen molar-refractivity contribution in [2.45, 2.75) is 12.2 Å². The van der Waals surface area contributed by atoms with Crippen LogP contribution in [0.2, 0.25) is 0 Å². The number of nitrogens with one attached hydrogen (secondary N) is 2. The topological polar surface area (TPSA) is 41.9 Å². The molecule has 3 heterocycles. The van der Waals surface area contributed by atoms with Gasteiger partial charge in [0.25, 0.3) is 0 Å². The lowest BCUT2D eigenvalue weighted by Gasteiger charge is -2.34. The second-order valence-electron chi connectivity index (χ2n) is 13.3. The largest absolute Gasteiger partial charge is 0.366 e. The second-order valence-corrected chi connectivity index (χ2v) is 13.3. The standard InChI is InChI=1S/C47H34N4/c1-3-13-37-34(11-1)29-35-12-2-4-14-38(35)46(37)47-49-42(32-22-20-31(21-23-32)41-17-9-10-28-48-41)30-43(50-47)33-24-26-36(27-25-33)51-44-18-7-5-15-39(44)40-16-6-8-19-45(40)51/h1-30,43,47,49-50H. The molecule has 0 saturated carbocycles. The van der Waals surface area contributed by atoms with E-state index in [0.29, 0.717) is 0 Å². The van der Waals surface area contributed by atoms with Crippen LogP contribution in [0.4, 0.5) is 0 Å². The van der Waals surface area contributed by atoms with Gasteiger partial charge in [0.1, 0.15) is 6.17 Å². The van der Waals surface area contributed by atoms with Crippen LogP contribution in [0, 0.1) is 0 Å². The zero-order valence-corrected chi connectivity index (χ0v) is 27.9. The smallest absolute Gasteiger partial charge is 0.105 e. The van der Waals surface area contributed by atoms with Crippen molar-refractivity contribution in [2.75, 3.05) is 0 Å². The fraction of sp³-hybridized carbons (Fsp3) is 0.0426. The molecule has 2 aromatic heterocycles. The quantitative estimate of drug-likeness (QED) is 0.182. The summed E-state index contributed by atoms with van der Waals surface area (Å²) < 4.78 is 2.37. The number of pyridine rings is 1. The molecular formula is C47H34N4. The maximum Gasteiger partial charge on any atom is 0.105 e. The van der Waals surface area contributed by atoms with Crippen molar-refractivity contribution >= 4 is 49.0 Å². The van der Waals surface area contributed by atoms with Gasteiger partial charge in [-0.2, -0.15) is 0 Å². The van der Waals surface area contributed by atoms with E-state index in [1.54, 1.807) is 0 Å². The molecule has 1 aliphatic rings. The maximum atomic E-state index is 4.57. The van der Waals surface area contributed by atoms with Gasteiger partial charge in [-0.1, -0.05) is 127 Å². The molecule has 7 aromatic carbocycles.